The maximum absolute atomic E-state index is 13.0. The highest BCUT2D eigenvalue weighted by Crippen LogP contribution is 2.30. The summed E-state index contributed by atoms with van der Waals surface area (Å²) in [6, 6.07) is 8.06. The molecule has 2 aromatic heterocycles. The Morgan fingerprint density at radius 3 is 2.93 bits per heavy atom. The Bertz CT molecular complexity index is 1050. The number of hydrogen-bond donors (Lipinski definition) is 1. The van der Waals surface area contributed by atoms with E-state index in [2.05, 4.69) is 10.5 Å². The Morgan fingerprint density at radius 1 is 1.34 bits per heavy atom. The van der Waals surface area contributed by atoms with Crippen molar-refractivity contribution in [3.63, 3.8) is 0 Å². The molecule has 3 heterocycles. The smallest absolute Gasteiger partial charge is 0.262 e. The van der Waals surface area contributed by atoms with E-state index in [0.717, 1.165) is 36.0 Å². The number of thiophene rings is 1. The van der Waals surface area contributed by atoms with Crippen molar-refractivity contribution in [3.05, 3.63) is 51.9 Å². The molecule has 0 radical (unpaired) electrons. The summed E-state index contributed by atoms with van der Waals surface area (Å²) >= 11 is 1.45. The molecule has 1 amide bonds. The van der Waals surface area contributed by atoms with E-state index in [0.29, 0.717) is 16.8 Å². The normalized spacial score (nSPS) is 16.8. The van der Waals surface area contributed by atoms with Gasteiger partial charge in [-0.2, -0.15) is 0 Å². The van der Waals surface area contributed by atoms with E-state index >= 15 is 0 Å². The van der Waals surface area contributed by atoms with Crippen LogP contribution in [0.5, 0.6) is 0 Å². The van der Waals surface area contributed by atoms with Crippen LogP contribution in [0.4, 0.5) is 0 Å². The van der Waals surface area contributed by atoms with Gasteiger partial charge in [0.2, 0.25) is 5.91 Å². The maximum Gasteiger partial charge on any atom is 0.262 e. The molecule has 3 aromatic rings. The average molecular weight is 413 g/mol. The summed E-state index contributed by atoms with van der Waals surface area (Å²) < 4.78 is 6.89. The van der Waals surface area contributed by atoms with Crippen LogP contribution in [0.3, 0.4) is 0 Å². The summed E-state index contributed by atoms with van der Waals surface area (Å²) in [5.41, 5.74) is 5.30. The minimum absolute atomic E-state index is 0.115. The lowest BCUT2D eigenvalue weighted by atomic mass is 10.1. The van der Waals surface area contributed by atoms with Crippen LogP contribution in [0, 0.1) is 6.92 Å². The zero-order valence-corrected chi connectivity index (χ0v) is 17.0. The molecule has 1 unspecified atom stereocenters. The summed E-state index contributed by atoms with van der Waals surface area (Å²) in [6.07, 6.45) is 4.02. The molecule has 1 aromatic carbocycles. The number of nitrogens with zero attached hydrogens (tertiary/aromatic N) is 2. The van der Waals surface area contributed by atoms with Gasteiger partial charge in [0.05, 0.1) is 11.7 Å². The van der Waals surface area contributed by atoms with Crippen molar-refractivity contribution in [3.8, 4) is 11.1 Å². The number of hydroxylamine groups is 1. The SMILES string of the molecule is Cc1ccc(-c2csc3ncn(CCC(=O)NOC4CCCCO4)c(=O)c23)cc1. The fraction of sp³-hybridized carbons (Fsp3) is 0.381. The monoisotopic (exact) mass is 413 g/mol. The van der Waals surface area contributed by atoms with Gasteiger partial charge in [0.15, 0.2) is 6.29 Å². The van der Waals surface area contributed by atoms with Gasteiger partial charge in [0.25, 0.3) is 5.56 Å². The quantitative estimate of drug-likeness (QED) is 0.627. The molecular formula is C21H23N3O4S. The summed E-state index contributed by atoms with van der Waals surface area (Å²) in [4.78, 5) is 35.5. The van der Waals surface area contributed by atoms with Crippen molar-refractivity contribution in [2.45, 2.75) is 45.4 Å². The minimum atomic E-state index is -0.392. The molecular weight excluding hydrogens is 390 g/mol. The standard InChI is InChI=1S/C21H23N3O4S/c1-14-5-7-15(8-6-14)16-12-29-20-19(16)21(26)24(13-22-20)10-9-17(25)23-28-18-4-2-3-11-27-18/h5-8,12-13,18H,2-4,9-11H2,1H3,(H,23,25). The summed E-state index contributed by atoms with van der Waals surface area (Å²) in [6.45, 7) is 2.90. The summed E-state index contributed by atoms with van der Waals surface area (Å²) in [7, 11) is 0. The van der Waals surface area contributed by atoms with Crippen LogP contribution in [-0.4, -0.2) is 28.4 Å². The van der Waals surface area contributed by atoms with Crippen molar-refractivity contribution in [1.82, 2.24) is 15.0 Å². The van der Waals surface area contributed by atoms with Gasteiger partial charge in [0.1, 0.15) is 4.83 Å². The molecule has 8 heteroatoms. The van der Waals surface area contributed by atoms with Crippen LogP contribution in [0.2, 0.25) is 0 Å². The molecule has 0 bridgehead atoms. The highest BCUT2D eigenvalue weighted by atomic mass is 32.1. The van der Waals surface area contributed by atoms with Crippen LogP contribution >= 0.6 is 11.3 Å². The Hall–Kier alpha value is -2.55. The first kappa shape index (κ1) is 19.8. The van der Waals surface area contributed by atoms with Gasteiger partial charge in [-0.3, -0.25) is 14.2 Å². The van der Waals surface area contributed by atoms with E-state index in [9.17, 15) is 9.59 Å². The van der Waals surface area contributed by atoms with Gasteiger partial charge < -0.3 is 4.74 Å². The van der Waals surface area contributed by atoms with Crippen LogP contribution in [0.15, 0.2) is 40.8 Å². The number of nitrogens with one attached hydrogen (secondary N) is 1. The molecule has 1 fully saturated rings. The van der Waals surface area contributed by atoms with Crippen LogP contribution in [-0.2, 0) is 20.9 Å². The van der Waals surface area contributed by atoms with E-state index in [1.807, 2.05) is 36.6 Å². The van der Waals surface area contributed by atoms with E-state index in [1.165, 1.54) is 22.2 Å². The van der Waals surface area contributed by atoms with Gasteiger partial charge in [-0.05, 0) is 25.3 Å². The molecule has 152 valence electrons. The number of aromatic nitrogens is 2. The minimum Gasteiger partial charge on any atom is -0.350 e. The number of aryl methyl sites for hydroxylation is 2. The molecule has 0 aliphatic carbocycles. The molecule has 1 N–H and O–H groups in total. The number of fused-ring (bicyclic) bond motifs is 1. The molecule has 0 spiro atoms. The van der Waals surface area contributed by atoms with Crippen molar-refractivity contribution >= 4 is 27.5 Å². The fourth-order valence-corrected chi connectivity index (χ4v) is 4.19. The zero-order chi connectivity index (χ0) is 20.2. The number of carbonyl (C=O) groups is 1. The van der Waals surface area contributed by atoms with Crippen molar-refractivity contribution in [1.29, 1.82) is 0 Å². The third-order valence-corrected chi connectivity index (χ3v) is 5.83. The Labute approximate surface area is 172 Å². The fourth-order valence-electron chi connectivity index (χ4n) is 3.28. The molecule has 29 heavy (non-hydrogen) atoms. The van der Waals surface area contributed by atoms with Crippen LogP contribution in [0.1, 0.15) is 31.2 Å². The number of ether oxygens (including phenoxy) is 1. The third kappa shape index (κ3) is 4.55. The number of carbonyl (C=O) groups excluding carboxylic acids is 1. The molecule has 1 saturated heterocycles. The highest BCUT2D eigenvalue weighted by molar-refractivity contribution is 7.17. The molecule has 1 aliphatic heterocycles. The van der Waals surface area contributed by atoms with Gasteiger partial charge in [-0.15, -0.1) is 11.3 Å². The Morgan fingerprint density at radius 2 is 2.17 bits per heavy atom. The Kier molecular flexibility index (Phi) is 6.03. The summed E-state index contributed by atoms with van der Waals surface area (Å²) in [5, 5.41) is 2.55. The van der Waals surface area contributed by atoms with Crippen molar-refractivity contribution < 1.29 is 14.4 Å². The predicted octanol–water partition coefficient (Wildman–Crippen LogP) is 3.40. The van der Waals surface area contributed by atoms with E-state index in [4.69, 9.17) is 9.57 Å². The third-order valence-electron chi connectivity index (χ3n) is 4.95. The first-order valence-electron chi connectivity index (χ1n) is 9.71. The number of amides is 1. The molecule has 0 saturated carbocycles. The molecule has 4 rings (SSSR count). The van der Waals surface area contributed by atoms with Gasteiger partial charge in [-0.1, -0.05) is 29.8 Å². The second-order valence-electron chi connectivity index (χ2n) is 7.13. The topological polar surface area (TPSA) is 82.5 Å². The van der Waals surface area contributed by atoms with Gasteiger partial charge in [-0.25, -0.2) is 15.3 Å². The van der Waals surface area contributed by atoms with Crippen molar-refractivity contribution in [2.75, 3.05) is 6.61 Å². The number of benzene rings is 1. The summed E-state index contributed by atoms with van der Waals surface area (Å²) in [5.74, 6) is -0.296. The predicted molar refractivity (Wildman–Crippen MR) is 111 cm³/mol. The van der Waals surface area contributed by atoms with Crippen molar-refractivity contribution in [2.24, 2.45) is 0 Å². The second kappa shape index (κ2) is 8.86. The first-order valence-corrected chi connectivity index (χ1v) is 10.6. The second-order valence-corrected chi connectivity index (χ2v) is 7.99. The Balaban J connectivity index is 1.46. The van der Waals surface area contributed by atoms with E-state index in [-0.39, 0.29) is 24.4 Å². The lowest BCUT2D eigenvalue weighted by Crippen LogP contribution is -2.34. The molecule has 1 aliphatic rings. The largest absolute Gasteiger partial charge is 0.350 e. The zero-order valence-electron chi connectivity index (χ0n) is 16.2. The number of hydrogen-bond acceptors (Lipinski definition) is 6. The number of rotatable bonds is 6. The van der Waals surface area contributed by atoms with Crippen LogP contribution in [0.25, 0.3) is 21.3 Å². The van der Waals surface area contributed by atoms with E-state index in [1.54, 1.807) is 0 Å². The van der Waals surface area contributed by atoms with E-state index < -0.39 is 6.29 Å². The molecule has 7 nitrogen and oxygen atoms in total. The van der Waals surface area contributed by atoms with Crippen LogP contribution < -0.4 is 11.0 Å². The lowest BCUT2D eigenvalue weighted by Gasteiger charge is -2.22. The first-order chi connectivity index (χ1) is 14.1. The maximum atomic E-state index is 13.0. The van der Waals surface area contributed by atoms with Gasteiger partial charge in [0, 0.05) is 36.9 Å². The highest BCUT2D eigenvalue weighted by Gasteiger charge is 2.17. The van der Waals surface area contributed by atoms with Gasteiger partial charge >= 0.3 is 0 Å². The molecule has 1 atom stereocenters. The average Bonchev–Trinajstić information content (AvgIpc) is 3.18. The lowest BCUT2D eigenvalue weighted by molar-refractivity contribution is -0.200.